The van der Waals surface area contributed by atoms with Crippen LogP contribution in [0, 0.1) is 0 Å². The molecule has 1 aliphatic heterocycles. The number of hydrogen-bond donors (Lipinski definition) is 1. The second-order valence-electron chi connectivity index (χ2n) is 8.96. The molecule has 0 aliphatic carbocycles. The van der Waals surface area contributed by atoms with E-state index in [1.165, 1.54) is 20.8 Å². The van der Waals surface area contributed by atoms with Crippen LogP contribution in [0.3, 0.4) is 0 Å². The fourth-order valence-corrected chi connectivity index (χ4v) is 5.27. The highest BCUT2D eigenvalue weighted by molar-refractivity contribution is 7.16. The lowest BCUT2D eigenvalue weighted by Crippen LogP contribution is -2.57. The molecule has 4 aromatic rings. The van der Waals surface area contributed by atoms with Crippen molar-refractivity contribution in [1.29, 1.82) is 0 Å². The Labute approximate surface area is 231 Å². The normalized spacial score (nSPS) is 16.3. The molecule has 1 unspecified atom stereocenters. The zero-order chi connectivity index (χ0) is 29.4. The molecular weight excluding hydrogens is 578 g/mol. The van der Waals surface area contributed by atoms with E-state index in [1.54, 1.807) is 0 Å². The largest absolute Gasteiger partial charge is 0.451 e. The summed E-state index contributed by atoms with van der Waals surface area (Å²) in [6.45, 7) is -0.597. The Morgan fingerprint density at radius 1 is 0.976 bits per heavy atom. The third-order valence-corrected chi connectivity index (χ3v) is 7.36. The molecule has 5 rings (SSSR count). The number of anilines is 1. The molecule has 4 heterocycles. The highest BCUT2D eigenvalue weighted by atomic mass is 32.1. The van der Waals surface area contributed by atoms with Gasteiger partial charge >= 0.3 is 12.4 Å². The van der Waals surface area contributed by atoms with Gasteiger partial charge in [0.05, 0.1) is 12.6 Å². The molecule has 0 saturated carbocycles. The minimum atomic E-state index is -4.83. The second-order valence-corrected chi connectivity index (χ2v) is 9.94. The fourth-order valence-electron chi connectivity index (χ4n) is 4.28. The lowest BCUT2D eigenvalue weighted by Gasteiger charge is -2.41. The van der Waals surface area contributed by atoms with Crippen LogP contribution in [0.1, 0.15) is 10.8 Å². The summed E-state index contributed by atoms with van der Waals surface area (Å²) in [6.07, 6.45) is -6.71. The first-order chi connectivity index (χ1) is 19.4. The van der Waals surface area contributed by atoms with Gasteiger partial charge in [-0.05, 0) is 0 Å². The summed E-state index contributed by atoms with van der Waals surface area (Å²) in [7, 11) is 0. The van der Waals surface area contributed by atoms with E-state index in [-0.39, 0.29) is 48.3 Å². The van der Waals surface area contributed by atoms with Crippen molar-refractivity contribution >= 4 is 22.2 Å². The van der Waals surface area contributed by atoms with Gasteiger partial charge in [0, 0.05) is 43.2 Å². The van der Waals surface area contributed by atoms with Crippen LogP contribution in [0.25, 0.3) is 22.6 Å². The van der Waals surface area contributed by atoms with Gasteiger partial charge in [0.1, 0.15) is 23.6 Å². The molecule has 41 heavy (non-hydrogen) atoms. The number of halogens is 6. The molecule has 0 bridgehead atoms. The first kappa shape index (κ1) is 28.4. The van der Waals surface area contributed by atoms with E-state index in [9.17, 15) is 36.2 Å². The number of aliphatic hydroxyl groups is 1. The van der Waals surface area contributed by atoms with Gasteiger partial charge in [0.15, 0.2) is 5.82 Å². The number of benzene rings is 1. The highest BCUT2D eigenvalue weighted by Crippen LogP contribution is 2.43. The summed E-state index contributed by atoms with van der Waals surface area (Å²) in [5.41, 5.74) is 0.375. The Hall–Kier alpha value is -4.12. The summed E-state index contributed by atoms with van der Waals surface area (Å²) in [6, 6.07) is 8.33. The van der Waals surface area contributed by atoms with Crippen LogP contribution in [0.4, 0.5) is 31.3 Å². The predicted molar refractivity (Wildman–Crippen MR) is 133 cm³/mol. The molecule has 216 valence electrons. The molecule has 1 atom stereocenters. The van der Waals surface area contributed by atoms with Crippen molar-refractivity contribution in [2.45, 2.75) is 24.9 Å². The quantitative estimate of drug-likeness (QED) is 0.335. The van der Waals surface area contributed by atoms with E-state index in [0.29, 0.717) is 17.2 Å². The molecule has 1 N–H and O–H groups in total. The molecule has 10 nitrogen and oxygen atoms in total. The molecule has 0 radical (unpaired) electrons. The number of rotatable bonds is 6. The average Bonchev–Trinajstić information content (AvgIpc) is 3.61. The third kappa shape index (κ3) is 6.14. The summed E-state index contributed by atoms with van der Waals surface area (Å²) >= 11 is 0.308. The van der Waals surface area contributed by atoms with E-state index in [1.807, 2.05) is 30.3 Å². The van der Waals surface area contributed by atoms with Gasteiger partial charge in [-0.25, -0.2) is 24.6 Å². The topological polar surface area (TPSA) is 113 Å². The predicted octanol–water partition coefficient (Wildman–Crippen LogP) is 3.61. The number of hydrogen-bond acceptors (Lipinski definition) is 9. The van der Waals surface area contributed by atoms with Crippen molar-refractivity contribution < 1.29 is 36.2 Å². The molecule has 1 saturated heterocycles. The smallest absolute Gasteiger partial charge is 0.394 e. The van der Waals surface area contributed by atoms with Crippen LogP contribution in [-0.4, -0.2) is 77.9 Å². The maximum atomic E-state index is 13.6. The van der Waals surface area contributed by atoms with Crippen molar-refractivity contribution in [2.75, 3.05) is 31.1 Å². The average molecular weight is 599 g/mol. The van der Waals surface area contributed by atoms with Gasteiger partial charge in [-0.1, -0.05) is 41.7 Å². The van der Waals surface area contributed by atoms with Gasteiger partial charge < -0.3 is 14.9 Å². The van der Waals surface area contributed by atoms with Crippen LogP contribution in [0.2, 0.25) is 0 Å². The molecule has 17 heteroatoms. The number of carbonyl (C=O) groups is 1. The molecule has 1 fully saturated rings. The third-order valence-electron chi connectivity index (χ3n) is 6.20. The standard InChI is InChI=1S/C24H20F6N8O2S/c25-23(26,27)21-31-8-15(9-32-21)18-20(41-22(34-18)24(28,29)30)36-6-7-38(16(10-36)12-39)17(40)11-37-13-33-19(35-37)14-4-2-1-3-5-14/h1-5,8-9,13,16,39H,6-7,10-12H2. The Kier molecular flexibility index (Phi) is 7.65. The van der Waals surface area contributed by atoms with Gasteiger partial charge in [0.25, 0.3) is 0 Å². The lowest BCUT2D eigenvalue weighted by molar-refractivity contribution is -0.145. The van der Waals surface area contributed by atoms with Crippen molar-refractivity contribution in [3.8, 4) is 22.6 Å². The fraction of sp³-hybridized carbons (Fsp3) is 0.333. The maximum absolute atomic E-state index is 13.6. The Morgan fingerprint density at radius 2 is 1.68 bits per heavy atom. The number of thiazole rings is 1. The van der Waals surface area contributed by atoms with Crippen LogP contribution in [0.15, 0.2) is 49.1 Å². The molecule has 1 amide bonds. The van der Waals surface area contributed by atoms with Gasteiger partial charge in [0.2, 0.25) is 16.7 Å². The number of carbonyl (C=O) groups excluding carboxylic acids is 1. The number of amides is 1. The van der Waals surface area contributed by atoms with Crippen molar-refractivity contribution in [2.24, 2.45) is 0 Å². The van der Waals surface area contributed by atoms with Crippen LogP contribution < -0.4 is 4.90 Å². The maximum Gasteiger partial charge on any atom is 0.451 e. The summed E-state index contributed by atoms with van der Waals surface area (Å²) in [5, 5.41) is 13.2. The van der Waals surface area contributed by atoms with Crippen LogP contribution in [-0.2, 0) is 23.7 Å². The number of aliphatic hydroxyl groups excluding tert-OH is 1. The summed E-state index contributed by atoms with van der Waals surface area (Å²) < 4.78 is 80.7. The van der Waals surface area contributed by atoms with E-state index in [2.05, 4.69) is 25.0 Å². The van der Waals surface area contributed by atoms with E-state index in [0.717, 1.165) is 18.0 Å². The molecule has 1 aromatic carbocycles. The summed E-state index contributed by atoms with van der Waals surface area (Å²) in [5.74, 6) is -1.40. The number of piperazine rings is 1. The van der Waals surface area contributed by atoms with E-state index in [4.69, 9.17) is 0 Å². The van der Waals surface area contributed by atoms with Crippen molar-refractivity contribution in [3.63, 3.8) is 0 Å². The molecule has 1 aliphatic rings. The Bertz CT molecular complexity index is 1510. The first-order valence-corrected chi connectivity index (χ1v) is 12.8. The second kappa shape index (κ2) is 11.0. The zero-order valence-electron chi connectivity index (χ0n) is 20.8. The minimum absolute atomic E-state index is 0.00927. The number of alkyl halides is 6. The minimum Gasteiger partial charge on any atom is -0.394 e. The lowest BCUT2D eigenvalue weighted by atomic mass is 10.1. The Balaban J connectivity index is 1.35. The first-order valence-electron chi connectivity index (χ1n) is 12.0. The highest BCUT2D eigenvalue weighted by Gasteiger charge is 2.39. The van der Waals surface area contributed by atoms with Crippen LogP contribution in [0.5, 0.6) is 0 Å². The van der Waals surface area contributed by atoms with Crippen molar-refractivity contribution in [1.82, 2.24) is 34.6 Å². The van der Waals surface area contributed by atoms with Gasteiger partial charge in [-0.3, -0.25) is 4.79 Å². The Morgan fingerprint density at radius 3 is 2.32 bits per heavy atom. The molecular formula is C24H20F6N8O2S. The van der Waals surface area contributed by atoms with Crippen molar-refractivity contribution in [3.05, 3.63) is 59.9 Å². The number of nitrogens with zero attached hydrogens (tertiary/aromatic N) is 8. The monoisotopic (exact) mass is 598 g/mol. The molecule has 3 aromatic heterocycles. The zero-order valence-corrected chi connectivity index (χ0v) is 21.7. The van der Waals surface area contributed by atoms with E-state index >= 15 is 0 Å². The van der Waals surface area contributed by atoms with Gasteiger partial charge in [-0.15, -0.1) is 0 Å². The molecule has 0 spiro atoms. The van der Waals surface area contributed by atoms with Crippen LogP contribution >= 0.6 is 11.3 Å². The van der Waals surface area contributed by atoms with E-state index < -0.39 is 35.8 Å². The number of aromatic nitrogens is 6. The SMILES string of the molecule is O=C(Cn1cnc(-c2ccccc2)n1)N1CCN(c2sc(C(F)(F)F)nc2-c2cnc(C(F)(F)F)nc2)CC1CO. The van der Waals surface area contributed by atoms with Gasteiger partial charge in [-0.2, -0.15) is 31.4 Å². The summed E-state index contributed by atoms with van der Waals surface area (Å²) in [4.78, 5) is 30.3.